The van der Waals surface area contributed by atoms with Gasteiger partial charge in [0.1, 0.15) is 0 Å². The molecule has 0 aliphatic rings. The molecular weight excluding hydrogens is 272 g/mol. The summed E-state index contributed by atoms with van der Waals surface area (Å²) in [6, 6.07) is 2.21. The third-order valence-corrected chi connectivity index (χ3v) is 2.58. The summed E-state index contributed by atoms with van der Waals surface area (Å²) in [5.74, 6) is -3.37. The van der Waals surface area contributed by atoms with Crippen LogP contribution in [-0.4, -0.2) is 18.8 Å². The van der Waals surface area contributed by atoms with Crippen molar-refractivity contribution in [3.63, 3.8) is 0 Å². The van der Waals surface area contributed by atoms with E-state index in [1.54, 1.807) is 0 Å². The Kier molecular flexibility index (Phi) is 3.51. The van der Waals surface area contributed by atoms with Gasteiger partial charge in [-0.2, -0.15) is 8.78 Å². The fraction of sp³-hybridized carbons (Fsp3) is 0.333. The van der Waals surface area contributed by atoms with Crippen LogP contribution in [0.1, 0.15) is 5.56 Å². The maximum Gasteiger partial charge on any atom is 0.286 e. The van der Waals surface area contributed by atoms with Gasteiger partial charge in [-0.05, 0) is 12.1 Å². The third kappa shape index (κ3) is 2.38. The number of hydrogen-bond acceptors (Lipinski definition) is 3. The first kappa shape index (κ1) is 12.2. The number of ether oxygens (including phenoxy) is 1. The summed E-state index contributed by atoms with van der Waals surface area (Å²) in [7, 11) is 1.29. The number of aromatic hydroxyl groups is 1. The molecule has 1 aromatic rings. The quantitative estimate of drug-likeness (QED) is 0.893. The lowest BCUT2D eigenvalue weighted by atomic mass is 10.1. The molecule has 3 N–H and O–H groups in total. The van der Waals surface area contributed by atoms with Crippen LogP contribution in [0, 0.1) is 0 Å². The van der Waals surface area contributed by atoms with Gasteiger partial charge in [-0.3, -0.25) is 0 Å². The largest absolute Gasteiger partial charge is 0.504 e. The van der Waals surface area contributed by atoms with E-state index in [-0.39, 0.29) is 21.5 Å². The fourth-order valence-corrected chi connectivity index (χ4v) is 1.72. The molecule has 3 nitrogen and oxygen atoms in total. The summed E-state index contributed by atoms with van der Waals surface area (Å²) in [6.07, 6.45) is 0. The van der Waals surface area contributed by atoms with E-state index >= 15 is 0 Å². The van der Waals surface area contributed by atoms with Crippen molar-refractivity contribution in [2.24, 2.45) is 5.73 Å². The second kappa shape index (κ2) is 4.32. The van der Waals surface area contributed by atoms with Crippen LogP contribution in [0.3, 0.4) is 0 Å². The van der Waals surface area contributed by atoms with Crippen LogP contribution < -0.4 is 10.5 Å². The minimum absolute atomic E-state index is 0.0127. The van der Waals surface area contributed by atoms with E-state index in [1.807, 2.05) is 0 Å². The maximum absolute atomic E-state index is 13.3. The molecular formula is C9H10BrF2NO2. The van der Waals surface area contributed by atoms with E-state index in [0.29, 0.717) is 0 Å². The number of halogens is 3. The zero-order chi connectivity index (χ0) is 11.6. The molecule has 0 spiro atoms. The minimum atomic E-state index is -3.15. The zero-order valence-corrected chi connectivity index (χ0v) is 9.51. The minimum Gasteiger partial charge on any atom is -0.504 e. The Morgan fingerprint density at radius 2 is 2.13 bits per heavy atom. The van der Waals surface area contributed by atoms with Crippen LogP contribution in [0.5, 0.6) is 11.5 Å². The van der Waals surface area contributed by atoms with Crippen molar-refractivity contribution in [2.75, 3.05) is 13.7 Å². The summed E-state index contributed by atoms with van der Waals surface area (Å²) in [5.41, 5.74) is 4.66. The van der Waals surface area contributed by atoms with E-state index in [0.717, 1.165) is 12.1 Å². The van der Waals surface area contributed by atoms with Crippen molar-refractivity contribution >= 4 is 15.9 Å². The lowest BCUT2D eigenvalue weighted by Crippen LogP contribution is -2.25. The molecule has 0 bridgehead atoms. The molecule has 15 heavy (non-hydrogen) atoms. The van der Waals surface area contributed by atoms with E-state index < -0.39 is 12.5 Å². The number of hydrogen-bond donors (Lipinski definition) is 2. The van der Waals surface area contributed by atoms with Crippen LogP contribution >= 0.6 is 15.9 Å². The monoisotopic (exact) mass is 281 g/mol. The predicted molar refractivity (Wildman–Crippen MR) is 55.3 cm³/mol. The Morgan fingerprint density at radius 3 is 2.60 bits per heavy atom. The molecule has 0 unspecified atom stereocenters. The lowest BCUT2D eigenvalue weighted by Gasteiger charge is -2.17. The first-order chi connectivity index (χ1) is 6.92. The van der Waals surface area contributed by atoms with Gasteiger partial charge in [0, 0.05) is 10.0 Å². The molecule has 0 radical (unpaired) electrons. The molecule has 0 aliphatic carbocycles. The van der Waals surface area contributed by atoms with Gasteiger partial charge < -0.3 is 15.6 Å². The standard InChI is InChI=1S/C9H10BrF2NO2/c1-15-8-2-5(9(11,12)4-13)6(10)3-7(8)14/h2-3,14H,4,13H2,1H3. The number of phenols is 1. The van der Waals surface area contributed by atoms with Crippen molar-refractivity contribution in [2.45, 2.75) is 5.92 Å². The summed E-state index contributed by atoms with van der Waals surface area (Å²) < 4.78 is 31.4. The Labute approximate surface area is 94.0 Å². The Bertz CT molecular complexity index is 371. The van der Waals surface area contributed by atoms with Crippen molar-refractivity contribution in [3.05, 3.63) is 22.2 Å². The molecule has 6 heteroatoms. The fourth-order valence-electron chi connectivity index (χ4n) is 1.10. The number of alkyl halides is 2. The van der Waals surface area contributed by atoms with Crippen molar-refractivity contribution in [3.8, 4) is 11.5 Å². The van der Waals surface area contributed by atoms with Gasteiger partial charge in [0.2, 0.25) is 0 Å². The van der Waals surface area contributed by atoms with E-state index in [9.17, 15) is 13.9 Å². The number of phenolic OH excluding ortho intramolecular Hbond substituents is 1. The van der Waals surface area contributed by atoms with Gasteiger partial charge in [-0.25, -0.2) is 0 Å². The van der Waals surface area contributed by atoms with Crippen molar-refractivity contribution < 1.29 is 18.6 Å². The Morgan fingerprint density at radius 1 is 1.53 bits per heavy atom. The Hall–Kier alpha value is -0.880. The van der Waals surface area contributed by atoms with E-state index in [1.165, 1.54) is 7.11 Å². The zero-order valence-electron chi connectivity index (χ0n) is 7.93. The molecule has 0 amide bonds. The van der Waals surface area contributed by atoms with Crippen LogP contribution in [0.25, 0.3) is 0 Å². The normalized spacial score (nSPS) is 11.5. The number of methoxy groups -OCH3 is 1. The number of rotatable bonds is 3. The second-order valence-corrected chi connectivity index (χ2v) is 3.77. The molecule has 0 atom stereocenters. The third-order valence-electron chi connectivity index (χ3n) is 1.92. The summed E-state index contributed by atoms with van der Waals surface area (Å²) in [5, 5.41) is 9.32. The molecule has 0 aliphatic heterocycles. The summed E-state index contributed by atoms with van der Waals surface area (Å²) in [4.78, 5) is 0. The Balaban J connectivity index is 3.30. The molecule has 0 aromatic heterocycles. The van der Waals surface area contributed by atoms with Crippen LogP contribution in [0.15, 0.2) is 16.6 Å². The highest BCUT2D eigenvalue weighted by atomic mass is 79.9. The van der Waals surface area contributed by atoms with Gasteiger partial charge in [0.25, 0.3) is 5.92 Å². The van der Waals surface area contributed by atoms with Gasteiger partial charge >= 0.3 is 0 Å². The highest BCUT2D eigenvalue weighted by Crippen LogP contribution is 2.39. The van der Waals surface area contributed by atoms with Gasteiger partial charge in [0.15, 0.2) is 11.5 Å². The van der Waals surface area contributed by atoms with Crippen molar-refractivity contribution in [1.82, 2.24) is 0 Å². The SMILES string of the molecule is COc1cc(C(F)(F)CN)c(Br)cc1O. The first-order valence-corrected chi connectivity index (χ1v) is 4.86. The van der Waals surface area contributed by atoms with Gasteiger partial charge in [-0.15, -0.1) is 0 Å². The smallest absolute Gasteiger partial charge is 0.286 e. The summed E-state index contributed by atoms with van der Waals surface area (Å²) >= 11 is 2.94. The average molecular weight is 282 g/mol. The van der Waals surface area contributed by atoms with Crippen LogP contribution in [0.2, 0.25) is 0 Å². The van der Waals surface area contributed by atoms with Crippen molar-refractivity contribution in [1.29, 1.82) is 0 Å². The highest BCUT2D eigenvalue weighted by Gasteiger charge is 2.33. The molecule has 84 valence electrons. The average Bonchev–Trinajstić information content (AvgIpc) is 2.17. The van der Waals surface area contributed by atoms with E-state index in [4.69, 9.17) is 10.5 Å². The predicted octanol–water partition coefficient (Wildman–Crippen LogP) is 2.21. The molecule has 0 saturated carbocycles. The lowest BCUT2D eigenvalue weighted by molar-refractivity contribution is 0.00496. The van der Waals surface area contributed by atoms with Gasteiger partial charge in [-0.1, -0.05) is 15.9 Å². The van der Waals surface area contributed by atoms with Crippen LogP contribution in [0.4, 0.5) is 8.78 Å². The number of benzene rings is 1. The van der Waals surface area contributed by atoms with E-state index in [2.05, 4.69) is 15.9 Å². The molecule has 1 aromatic carbocycles. The second-order valence-electron chi connectivity index (χ2n) is 2.91. The highest BCUT2D eigenvalue weighted by molar-refractivity contribution is 9.10. The molecule has 0 saturated heterocycles. The van der Waals surface area contributed by atoms with Crippen LogP contribution in [-0.2, 0) is 5.92 Å². The molecule has 0 fully saturated rings. The number of nitrogens with two attached hydrogens (primary N) is 1. The first-order valence-electron chi connectivity index (χ1n) is 4.07. The topological polar surface area (TPSA) is 55.5 Å². The molecule has 0 heterocycles. The molecule has 1 rings (SSSR count). The summed E-state index contributed by atoms with van der Waals surface area (Å²) in [6.45, 7) is -0.806. The van der Waals surface area contributed by atoms with Gasteiger partial charge in [0.05, 0.1) is 13.7 Å². The maximum atomic E-state index is 13.3.